The molecule has 0 spiro atoms. The van der Waals surface area contributed by atoms with Gasteiger partial charge < -0.3 is 5.32 Å². The summed E-state index contributed by atoms with van der Waals surface area (Å²) < 4.78 is 1.39. The molecule has 0 heterocycles. The molecule has 1 N–H and O–H groups in total. The molecule has 20 heavy (non-hydrogen) atoms. The molecule has 0 bridgehead atoms. The van der Waals surface area contributed by atoms with Crippen molar-refractivity contribution in [1.29, 1.82) is 0 Å². The zero-order valence-corrected chi connectivity index (χ0v) is 13.1. The first-order valence-electron chi connectivity index (χ1n) is 5.48. The summed E-state index contributed by atoms with van der Waals surface area (Å²) in [5, 5.41) is 13.4. The molecule has 2 rings (SSSR count). The zero-order chi connectivity index (χ0) is 14.7. The molecule has 0 aliphatic rings. The van der Waals surface area contributed by atoms with E-state index >= 15 is 0 Å². The number of non-ortho nitro benzene ring substituents is 1. The fraction of sp³-hybridized carbons (Fsp3) is 0. The SMILES string of the molecule is O=C(Nc1ccc(Br)cc1)c1cc([N+](=O)[O-])ccc1Br. The molecule has 0 aliphatic heterocycles. The van der Waals surface area contributed by atoms with E-state index in [1.807, 2.05) is 0 Å². The molecule has 7 heteroatoms. The highest BCUT2D eigenvalue weighted by Gasteiger charge is 2.15. The fourth-order valence-electron chi connectivity index (χ4n) is 1.53. The minimum absolute atomic E-state index is 0.130. The lowest BCUT2D eigenvalue weighted by molar-refractivity contribution is -0.384. The van der Waals surface area contributed by atoms with Crippen molar-refractivity contribution in [1.82, 2.24) is 0 Å². The number of carbonyl (C=O) groups is 1. The van der Waals surface area contributed by atoms with E-state index in [-0.39, 0.29) is 11.3 Å². The number of halogens is 2. The standard InChI is InChI=1S/C13H8Br2N2O3/c14-8-1-3-9(4-2-8)16-13(18)11-7-10(17(19)20)5-6-12(11)15/h1-7H,(H,16,18). The van der Waals surface area contributed by atoms with Crippen LogP contribution in [0.3, 0.4) is 0 Å². The number of carbonyl (C=O) groups excluding carboxylic acids is 1. The normalized spacial score (nSPS) is 10.1. The Kier molecular flexibility index (Phi) is 4.51. The highest BCUT2D eigenvalue weighted by Crippen LogP contribution is 2.24. The Labute approximate surface area is 131 Å². The highest BCUT2D eigenvalue weighted by molar-refractivity contribution is 9.10. The minimum atomic E-state index is -0.539. The van der Waals surface area contributed by atoms with Gasteiger partial charge in [0.15, 0.2) is 0 Å². The average molecular weight is 400 g/mol. The summed E-state index contributed by atoms with van der Waals surface area (Å²) in [5.41, 5.74) is 0.688. The maximum absolute atomic E-state index is 12.1. The van der Waals surface area contributed by atoms with Crippen molar-refractivity contribution in [2.45, 2.75) is 0 Å². The lowest BCUT2D eigenvalue weighted by atomic mass is 10.2. The van der Waals surface area contributed by atoms with Gasteiger partial charge in [0, 0.05) is 26.8 Å². The molecule has 0 fully saturated rings. The number of nitro benzene ring substituents is 1. The van der Waals surface area contributed by atoms with E-state index < -0.39 is 10.8 Å². The van der Waals surface area contributed by atoms with Crippen LogP contribution in [0.4, 0.5) is 11.4 Å². The molecule has 2 aromatic rings. The Morgan fingerprint density at radius 1 is 1.10 bits per heavy atom. The van der Waals surface area contributed by atoms with Crippen molar-refractivity contribution in [2.24, 2.45) is 0 Å². The van der Waals surface area contributed by atoms with Crippen LogP contribution in [0.25, 0.3) is 0 Å². The number of hydrogen-bond donors (Lipinski definition) is 1. The summed E-state index contributed by atoms with van der Waals surface area (Å²) in [6.07, 6.45) is 0. The van der Waals surface area contributed by atoms with E-state index in [9.17, 15) is 14.9 Å². The molecule has 0 aliphatic carbocycles. The lowest BCUT2D eigenvalue weighted by Gasteiger charge is -2.07. The third kappa shape index (κ3) is 3.43. The number of amides is 1. The molecule has 0 unspecified atom stereocenters. The monoisotopic (exact) mass is 398 g/mol. The van der Waals surface area contributed by atoms with E-state index in [0.717, 1.165) is 4.47 Å². The van der Waals surface area contributed by atoms with Crippen molar-refractivity contribution in [2.75, 3.05) is 5.32 Å². The van der Waals surface area contributed by atoms with E-state index in [1.54, 1.807) is 24.3 Å². The second-order valence-corrected chi connectivity index (χ2v) is 5.65. The predicted octanol–water partition coefficient (Wildman–Crippen LogP) is 4.37. The number of rotatable bonds is 3. The van der Waals surface area contributed by atoms with Crippen LogP contribution in [-0.2, 0) is 0 Å². The summed E-state index contributed by atoms with van der Waals surface area (Å²) in [6, 6.07) is 11.1. The Hall–Kier alpha value is -1.73. The number of hydrogen-bond acceptors (Lipinski definition) is 3. The molecule has 0 aromatic heterocycles. The molecule has 0 saturated heterocycles. The van der Waals surface area contributed by atoms with Crippen molar-refractivity contribution >= 4 is 49.1 Å². The molecule has 0 radical (unpaired) electrons. The summed E-state index contributed by atoms with van der Waals surface area (Å²) >= 11 is 6.51. The van der Waals surface area contributed by atoms with Crippen LogP contribution in [0.1, 0.15) is 10.4 Å². The molecule has 102 valence electrons. The van der Waals surface area contributed by atoms with Crippen LogP contribution < -0.4 is 5.32 Å². The van der Waals surface area contributed by atoms with Gasteiger partial charge in [-0.15, -0.1) is 0 Å². The smallest absolute Gasteiger partial charge is 0.270 e. The van der Waals surface area contributed by atoms with E-state index in [4.69, 9.17) is 0 Å². The van der Waals surface area contributed by atoms with E-state index in [1.165, 1.54) is 18.2 Å². The molecule has 5 nitrogen and oxygen atoms in total. The molecule has 1 amide bonds. The largest absolute Gasteiger partial charge is 0.322 e. The van der Waals surface area contributed by atoms with Crippen LogP contribution in [0.5, 0.6) is 0 Å². The summed E-state index contributed by atoms with van der Waals surface area (Å²) in [5.74, 6) is -0.414. The number of nitrogens with zero attached hydrogens (tertiary/aromatic N) is 1. The van der Waals surface area contributed by atoms with E-state index in [2.05, 4.69) is 37.2 Å². The molecular weight excluding hydrogens is 392 g/mol. The number of nitrogens with one attached hydrogen (secondary N) is 1. The maximum Gasteiger partial charge on any atom is 0.270 e. The first kappa shape index (κ1) is 14.7. The predicted molar refractivity (Wildman–Crippen MR) is 82.9 cm³/mol. The molecule has 2 aromatic carbocycles. The molecule has 0 saturated carbocycles. The summed E-state index contributed by atoms with van der Waals surface area (Å²) in [4.78, 5) is 22.3. The van der Waals surface area contributed by atoms with Crippen LogP contribution in [0, 0.1) is 10.1 Å². The van der Waals surface area contributed by atoms with Crippen LogP contribution in [0.15, 0.2) is 51.4 Å². The topological polar surface area (TPSA) is 72.2 Å². The Morgan fingerprint density at radius 2 is 1.75 bits per heavy atom. The van der Waals surface area contributed by atoms with Gasteiger partial charge in [0.1, 0.15) is 0 Å². The molecular formula is C13H8Br2N2O3. The summed E-state index contributed by atoms with van der Waals surface area (Å²) in [7, 11) is 0. The van der Waals surface area contributed by atoms with Gasteiger partial charge in [-0.05, 0) is 46.3 Å². The average Bonchev–Trinajstić information content (AvgIpc) is 2.41. The Balaban J connectivity index is 2.26. The fourth-order valence-corrected chi connectivity index (χ4v) is 2.22. The van der Waals surface area contributed by atoms with Crippen molar-refractivity contribution in [3.63, 3.8) is 0 Å². The van der Waals surface area contributed by atoms with Gasteiger partial charge in [0.25, 0.3) is 11.6 Å². The van der Waals surface area contributed by atoms with Gasteiger partial charge in [-0.2, -0.15) is 0 Å². The molecule has 0 atom stereocenters. The number of anilines is 1. The number of benzene rings is 2. The minimum Gasteiger partial charge on any atom is -0.322 e. The van der Waals surface area contributed by atoms with Gasteiger partial charge in [0.2, 0.25) is 0 Å². The van der Waals surface area contributed by atoms with Crippen LogP contribution in [0.2, 0.25) is 0 Å². The van der Waals surface area contributed by atoms with Gasteiger partial charge in [-0.1, -0.05) is 15.9 Å². The summed E-state index contributed by atoms with van der Waals surface area (Å²) in [6.45, 7) is 0. The second kappa shape index (κ2) is 6.15. The number of nitro groups is 1. The first-order chi connectivity index (χ1) is 9.47. The Morgan fingerprint density at radius 3 is 2.35 bits per heavy atom. The highest BCUT2D eigenvalue weighted by atomic mass is 79.9. The van der Waals surface area contributed by atoms with Gasteiger partial charge >= 0.3 is 0 Å². The quantitative estimate of drug-likeness (QED) is 0.615. The van der Waals surface area contributed by atoms with Crippen molar-refractivity contribution < 1.29 is 9.72 Å². The van der Waals surface area contributed by atoms with Crippen LogP contribution in [-0.4, -0.2) is 10.8 Å². The lowest BCUT2D eigenvalue weighted by Crippen LogP contribution is -2.12. The van der Waals surface area contributed by atoms with Gasteiger partial charge in [-0.25, -0.2) is 0 Å². The van der Waals surface area contributed by atoms with E-state index in [0.29, 0.717) is 10.2 Å². The second-order valence-electron chi connectivity index (χ2n) is 3.88. The Bertz CT molecular complexity index is 672. The zero-order valence-electron chi connectivity index (χ0n) is 9.97. The van der Waals surface area contributed by atoms with Gasteiger partial charge in [0.05, 0.1) is 10.5 Å². The maximum atomic E-state index is 12.1. The van der Waals surface area contributed by atoms with Crippen molar-refractivity contribution in [3.8, 4) is 0 Å². The third-order valence-electron chi connectivity index (χ3n) is 2.51. The van der Waals surface area contributed by atoms with Crippen molar-refractivity contribution in [3.05, 3.63) is 67.1 Å². The van der Waals surface area contributed by atoms with Gasteiger partial charge in [-0.3, -0.25) is 14.9 Å². The first-order valence-corrected chi connectivity index (χ1v) is 7.07. The van der Waals surface area contributed by atoms with Crippen LogP contribution >= 0.6 is 31.9 Å². The third-order valence-corrected chi connectivity index (χ3v) is 3.73.